The zero-order valence-electron chi connectivity index (χ0n) is 14.0. The van der Waals surface area contributed by atoms with Gasteiger partial charge in [0, 0.05) is 22.1 Å². The number of aryl methyl sites for hydroxylation is 1. The monoisotopic (exact) mass is 345 g/mol. The van der Waals surface area contributed by atoms with E-state index in [-0.39, 0.29) is 11.0 Å². The van der Waals surface area contributed by atoms with Crippen molar-refractivity contribution in [2.75, 3.05) is 0 Å². The Bertz CT molecular complexity index is 948. The third kappa shape index (κ3) is 3.20. The van der Waals surface area contributed by atoms with Crippen molar-refractivity contribution in [2.45, 2.75) is 23.5 Å². The van der Waals surface area contributed by atoms with Crippen molar-refractivity contribution in [3.63, 3.8) is 0 Å². The molecule has 0 saturated carbocycles. The normalized spacial score (nSPS) is 16.7. The molecule has 3 aromatic rings. The molecule has 1 aliphatic heterocycles. The Kier molecular flexibility index (Phi) is 4.33. The lowest BCUT2D eigenvalue weighted by Gasteiger charge is -2.18. The number of aliphatic imine (C=N–C) groups is 1. The lowest BCUT2D eigenvalue weighted by molar-refractivity contribution is 0.474. The van der Waals surface area contributed by atoms with Crippen molar-refractivity contribution < 1.29 is 5.11 Å². The highest BCUT2D eigenvalue weighted by Gasteiger charge is 2.24. The quantitative estimate of drug-likeness (QED) is 0.612. The third-order valence-corrected chi connectivity index (χ3v) is 5.82. The fourth-order valence-corrected chi connectivity index (χ4v) is 4.55. The van der Waals surface area contributed by atoms with E-state index in [1.54, 1.807) is 6.07 Å². The number of phenolic OH excluding ortho intramolecular Hbond substituents is 1. The molecule has 1 heterocycles. The summed E-state index contributed by atoms with van der Waals surface area (Å²) < 4.78 is 0. The Labute approximate surface area is 152 Å². The van der Waals surface area contributed by atoms with Crippen LogP contribution in [0.4, 0.5) is 5.69 Å². The molecule has 0 bridgehead atoms. The van der Waals surface area contributed by atoms with Gasteiger partial charge in [-0.05, 0) is 42.3 Å². The minimum atomic E-state index is 0.267. The van der Waals surface area contributed by atoms with E-state index in [4.69, 9.17) is 4.99 Å². The fraction of sp³-hybridized carbons (Fsp3) is 0.136. The summed E-state index contributed by atoms with van der Waals surface area (Å²) in [5.41, 5.74) is 5.34. The zero-order valence-corrected chi connectivity index (χ0v) is 14.8. The SMILES string of the molecule is Cc1ccccc1[C@H]1CC(c2ccccc2O)=Nc2ccccc2S1. The highest BCUT2D eigenvalue weighted by molar-refractivity contribution is 7.99. The third-order valence-electron chi connectivity index (χ3n) is 4.52. The predicted molar refractivity (Wildman–Crippen MR) is 105 cm³/mol. The number of thioether (sulfide) groups is 1. The second kappa shape index (κ2) is 6.77. The molecule has 1 atom stereocenters. The molecule has 25 heavy (non-hydrogen) atoms. The van der Waals surface area contributed by atoms with E-state index in [0.29, 0.717) is 0 Å². The van der Waals surface area contributed by atoms with Gasteiger partial charge in [0.2, 0.25) is 0 Å². The lowest BCUT2D eigenvalue weighted by Crippen LogP contribution is -2.06. The summed E-state index contributed by atoms with van der Waals surface area (Å²) in [6, 6.07) is 24.2. The first-order chi connectivity index (χ1) is 12.2. The van der Waals surface area contributed by atoms with Gasteiger partial charge in [-0.3, -0.25) is 4.99 Å². The molecule has 0 radical (unpaired) electrons. The van der Waals surface area contributed by atoms with E-state index in [1.807, 2.05) is 42.1 Å². The molecule has 0 aromatic heterocycles. The number of hydrogen-bond acceptors (Lipinski definition) is 3. The summed E-state index contributed by atoms with van der Waals surface area (Å²) >= 11 is 1.85. The largest absolute Gasteiger partial charge is 0.507 e. The standard InChI is InChI=1S/C22H19NOS/c1-15-8-2-3-9-16(15)22-14-19(17-10-4-6-12-20(17)24)23-18-11-5-7-13-21(18)25-22/h2-13,22,24H,14H2,1H3/t22-/m1/s1. The molecule has 0 unspecified atom stereocenters. The second-order valence-corrected chi connectivity index (χ2v) is 7.46. The van der Waals surface area contributed by atoms with Crippen LogP contribution in [0, 0.1) is 6.92 Å². The number of nitrogens with zero attached hydrogens (tertiary/aromatic N) is 1. The molecular formula is C22H19NOS. The van der Waals surface area contributed by atoms with Gasteiger partial charge >= 0.3 is 0 Å². The molecule has 124 valence electrons. The first-order valence-corrected chi connectivity index (χ1v) is 9.27. The van der Waals surface area contributed by atoms with Crippen molar-refractivity contribution >= 4 is 23.2 Å². The summed E-state index contributed by atoms with van der Waals surface area (Å²) in [4.78, 5) is 6.09. The van der Waals surface area contributed by atoms with Crippen LogP contribution >= 0.6 is 11.8 Å². The van der Waals surface area contributed by atoms with Crippen LogP contribution in [0.15, 0.2) is 82.7 Å². The van der Waals surface area contributed by atoms with Gasteiger partial charge in [-0.15, -0.1) is 11.8 Å². The van der Waals surface area contributed by atoms with Crippen molar-refractivity contribution in [1.82, 2.24) is 0 Å². The van der Waals surface area contributed by atoms with Crippen molar-refractivity contribution in [3.8, 4) is 5.75 Å². The molecular weight excluding hydrogens is 326 g/mol. The molecule has 0 aliphatic carbocycles. The van der Waals surface area contributed by atoms with Gasteiger partial charge in [0.15, 0.2) is 0 Å². The number of phenols is 1. The van der Waals surface area contributed by atoms with Crippen LogP contribution in [0.2, 0.25) is 0 Å². The number of hydrogen-bond donors (Lipinski definition) is 1. The van der Waals surface area contributed by atoms with Crippen LogP contribution in [-0.2, 0) is 0 Å². The highest BCUT2D eigenvalue weighted by atomic mass is 32.2. The first kappa shape index (κ1) is 16.0. The summed E-state index contributed by atoms with van der Waals surface area (Å²) in [5.74, 6) is 0.286. The lowest BCUT2D eigenvalue weighted by atomic mass is 9.98. The molecule has 0 fully saturated rings. The molecule has 4 rings (SSSR count). The Hall–Kier alpha value is -2.52. The molecule has 0 spiro atoms. The van der Waals surface area contributed by atoms with Gasteiger partial charge < -0.3 is 5.11 Å². The van der Waals surface area contributed by atoms with Crippen LogP contribution in [0.3, 0.4) is 0 Å². The van der Waals surface area contributed by atoms with E-state index in [0.717, 1.165) is 23.4 Å². The number of rotatable bonds is 2. The van der Waals surface area contributed by atoms with Crippen molar-refractivity contribution in [1.29, 1.82) is 0 Å². The summed E-state index contributed by atoms with van der Waals surface area (Å²) in [6.07, 6.45) is 0.780. The summed E-state index contributed by atoms with van der Waals surface area (Å²) in [5, 5.41) is 10.6. The molecule has 0 saturated heterocycles. The maximum Gasteiger partial charge on any atom is 0.124 e. The fourth-order valence-electron chi connectivity index (χ4n) is 3.22. The predicted octanol–water partition coefficient (Wildman–Crippen LogP) is 6.06. The maximum atomic E-state index is 10.3. The average Bonchev–Trinajstić information content (AvgIpc) is 2.82. The van der Waals surface area contributed by atoms with Crippen LogP contribution < -0.4 is 0 Å². The molecule has 0 amide bonds. The zero-order chi connectivity index (χ0) is 17.2. The van der Waals surface area contributed by atoms with Gasteiger partial charge in [0.05, 0.1) is 11.4 Å². The van der Waals surface area contributed by atoms with Gasteiger partial charge in [0.1, 0.15) is 5.75 Å². The summed E-state index contributed by atoms with van der Waals surface area (Å²) in [6.45, 7) is 2.16. The van der Waals surface area contributed by atoms with Gasteiger partial charge in [-0.25, -0.2) is 0 Å². The number of fused-ring (bicyclic) bond motifs is 1. The van der Waals surface area contributed by atoms with Crippen molar-refractivity contribution in [2.24, 2.45) is 4.99 Å². The number of aromatic hydroxyl groups is 1. The highest BCUT2D eigenvalue weighted by Crippen LogP contribution is 2.46. The van der Waals surface area contributed by atoms with Crippen LogP contribution in [-0.4, -0.2) is 10.8 Å². The molecule has 3 aromatic carbocycles. The van der Waals surface area contributed by atoms with E-state index >= 15 is 0 Å². The van der Waals surface area contributed by atoms with Gasteiger partial charge in [-0.2, -0.15) is 0 Å². The van der Waals surface area contributed by atoms with E-state index < -0.39 is 0 Å². The topological polar surface area (TPSA) is 32.6 Å². The van der Waals surface area contributed by atoms with Crippen LogP contribution in [0.5, 0.6) is 5.75 Å². The Morgan fingerprint density at radius 3 is 2.48 bits per heavy atom. The molecule has 1 aliphatic rings. The Morgan fingerprint density at radius 1 is 0.920 bits per heavy atom. The van der Waals surface area contributed by atoms with Crippen LogP contribution in [0.1, 0.15) is 28.4 Å². The minimum absolute atomic E-state index is 0.267. The summed E-state index contributed by atoms with van der Waals surface area (Å²) in [7, 11) is 0. The smallest absolute Gasteiger partial charge is 0.124 e. The van der Waals surface area contributed by atoms with Crippen molar-refractivity contribution in [3.05, 3.63) is 89.5 Å². The number of benzene rings is 3. The minimum Gasteiger partial charge on any atom is -0.507 e. The van der Waals surface area contributed by atoms with E-state index in [9.17, 15) is 5.11 Å². The molecule has 2 nitrogen and oxygen atoms in total. The maximum absolute atomic E-state index is 10.3. The van der Waals surface area contributed by atoms with E-state index in [2.05, 4.69) is 43.3 Å². The Balaban J connectivity index is 1.85. The number of para-hydroxylation sites is 2. The van der Waals surface area contributed by atoms with Gasteiger partial charge in [-0.1, -0.05) is 48.5 Å². The van der Waals surface area contributed by atoms with Gasteiger partial charge in [0.25, 0.3) is 0 Å². The Morgan fingerprint density at radius 2 is 1.64 bits per heavy atom. The van der Waals surface area contributed by atoms with Crippen LogP contribution in [0.25, 0.3) is 0 Å². The first-order valence-electron chi connectivity index (χ1n) is 8.39. The second-order valence-electron chi connectivity index (χ2n) is 6.21. The molecule has 1 N–H and O–H groups in total. The average molecular weight is 345 g/mol. The molecule has 3 heteroatoms. The van der Waals surface area contributed by atoms with E-state index in [1.165, 1.54) is 16.0 Å².